The summed E-state index contributed by atoms with van der Waals surface area (Å²) in [5, 5.41) is 7.68. The van der Waals surface area contributed by atoms with Gasteiger partial charge in [-0.15, -0.1) is 11.3 Å². The van der Waals surface area contributed by atoms with E-state index in [9.17, 15) is 4.79 Å². The van der Waals surface area contributed by atoms with Crippen LogP contribution in [0, 0.1) is 12.3 Å². The van der Waals surface area contributed by atoms with Crippen molar-refractivity contribution in [1.29, 1.82) is 0 Å². The van der Waals surface area contributed by atoms with Crippen LogP contribution >= 0.6 is 11.3 Å². The number of aryl methyl sites for hydroxylation is 1. The summed E-state index contributed by atoms with van der Waals surface area (Å²) in [6, 6.07) is 0. The van der Waals surface area contributed by atoms with Crippen LogP contribution in [0.2, 0.25) is 0 Å². The number of thiophene rings is 1. The SMILES string of the molecule is Cc1noc(-c2c(NC(=O)CC(C)(C)C)sc3c2CCOC3)n1. The van der Waals surface area contributed by atoms with Gasteiger partial charge < -0.3 is 14.6 Å². The summed E-state index contributed by atoms with van der Waals surface area (Å²) >= 11 is 1.54. The Hall–Kier alpha value is -1.73. The van der Waals surface area contributed by atoms with Crippen LogP contribution in [-0.2, 0) is 22.6 Å². The lowest BCUT2D eigenvalue weighted by Crippen LogP contribution is -2.19. The molecule has 6 nitrogen and oxygen atoms in total. The van der Waals surface area contributed by atoms with Crippen molar-refractivity contribution in [3.8, 4) is 11.5 Å². The van der Waals surface area contributed by atoms with Crippen molar-refractivity contribution in [3.63, 3.8) is 0 Å². The molecule has 3 heterocycles. The number of amides is 1. The monoisotopic (exact) mass is 335 g/mol. The molecule has 0 saturated carbocycles. The molecule has 2 aromatic rings. The van der Waals surface area contributed by atoms with E-state index in [2.05, 4.69) is 15.5 Å². The second-order valence-electron chi connectivity index (χ2n) is 6.94. The zero-order chi connectivity index (χ0) is 16.6. The molecule has 0 spiro atoms. The average Bonchev–Trinajstić information content (AvgIpc) is 2.99. The first kappa shape index (κ1) is 16.1. The third kappa shape index (κ3) is 3.61. The average molecular weight is 335 g/mol. The maximum atomic E-state index is 12.3. The van der Waals surface area contributed by atoms with Crippen molar-refractivity contribution < 1.29 is 14.1 Å². The summed E-state index contributed by atoms with van der Waals surface area (Å²) in [5.74, 6) is 1.04. The second kappa shape index (κ2) is 6.05. The Labute approximate surface area is 139 Å². The highest BCUT2D eigenvalue weighted by Gasteiger charge is 2.27. The first-order valence-electron chi connectivity index (χ1n) is 7.66. The molecular formula is C16H21N3O3S. The van der Waals surface area contributed by atoms with Crippen molar-refractivity contribution in [2.24, 2.45) is 5.41 Å². The number of hydrogen-bond donors (Lipinski definition) is 1. The topological polar surface area (TPSA) is 77.2 Å². The predicted molar refractivity (Wildman–Crippen MR) is 88.4 cm³/mol. The van der Waals surface area contributed by atoms with Gasteiger partial charge in [0, 0.05) is 11.3 Å². The first-order valence-corrected chi connectivity index (χ1v) is 8.48. The highest BCUT2D eigenvalue weighted by molar-refractivity contribution is 7.17. The molecule has 124 valence electrons. The largest absolute Gasteiger partial charge is 0.376 e. The number of carbonyl (C=O) groups excluding carboxylic acids is 1. The van der Waals surface area contributed by atoms with Crippen molar-refractivity contribution in [1.82, 2.24) is 10.1 Å². The molecule has 23 heavy (non-hydrogen) atoms. The Morgan fingerprint density at radius 3 is 2.83 bits per heavy atom. The Bertz CT molecular complexity index is 727. The number of carbonyl (C=O) groups is 1. The van der Waals surface area contributed by atoms with Crippen LogP contribution < -0.4 is 5.32 Å². The van der Waals surface area contributed by atoms with Crippen molar-refractivity contribution in [3.05, 3.63) is 16.3 Å². The van der Waals surface area contributed by atoms with E-state index in [1.807, 2.05) is 20.8 Å². The molecule has 0 aromatic carbocycles. The molecule has 7 heteroatoms. The number of hydrogen-bond acceptors (Lipinski definition) is 6. The van der Waals surface area contributed by atoms with E-state index in [1.165, 1.54) is 11.3 Å². The lowest BCUT2D eigenvalue weighted by Gasteiger charge is -2.17. The van der Waals surface area contributed by atoms with Crippen LogP contribution in [0.5, 0.6) is 0 Å². The minimum Gasteiger partial charge on any atom is -0.376 e. The Morgan fingerprint density at radius 2 is 2.17 bits per heavy atom. The van der Waals surface area contributed by atoms with E-state index >= 15 is 0 Å². The second-order valence-corrected chi connectivity index (χ2v) is 8.05. The molecule has 2 aromatic heterocycles. The molecule has 0 fully saturated rings. The van der Waals surface area contributed by atoms with Gasteiger partial charge in [0.15, 0.2) is 5.82 Å². The van der Waals surface area contributed by atoms with Gasteiger partial charge in [0.05, 0.1) is 18.8 Å². The van der Waals surface area contributed by atoms with Crippen LogP contribution in [0.1, 0.15) is 43.5 Å². The molecule has 1 amide bonds. The van der Waals surface area contributed by atoms with Crippen LogP contribution in [0.3, 0.4) is 0 Å². The van der Waals surface area contributed by atoms with Crippen molar-refractivity contribution in [2.45, 2.75) is 47.1 Å². The van der Waals surface area contributed by atoms with E-state index in [0.29, 0.717) is 31.3 Å². The molecule has 1 aliphatic heterocycles. The van der Waals surface area contributed by atoms with Gasteiger partial charge in [0.25, 0.3) is 5.89 Å². The fourth-order valence-corrected chi connectivity index (χ4v) is 3.79. The summed E-state index contributed by atoms with van der Waals surface area (Å²) in [7, 11) is 0. The Kier molecular flexibility index (Phi) is 4.25. The molecule has 3 rings (SSSR count). The fourth-order valence-electron chi connectivity index (χ4n) is 2.60. The molecule has 0 saturated heterocycles. The van der Waals surface area contributed by atoms with E-state index < -0.39 is 0 Å². The highest BCUT2D eigenvalue weighted by Crippen LogP contribution is 2.42. The number of rotatable bonds is 3. The fraction of sp³-hybridized carbons (Fsp3) is 0.562. The maximum Gasteiger partial charge on any atom is 0.261 e. The lowest BCUT2D eigenvalue weighted by molar-refractivity contribution is -0.117. The number of nitrogens with one attached hydrogen (secondary N) is 1. The smallest absolute Gasteiger partial charge is 0.261 e. The summed E-state index contributed by atoms with van der Waals surface area (Å²) in [6.07, 6.45) is 1.24. The molecule has 1 N–H and O–H groups in total. The lowest BCUT2D eigenvalue weighted by atomic mass is 9.92. The number of aromatic nitrogens is 2. The van der Waals surface area contributed by atoms with Gasteiger partial charge >= 0.3 is 0 Å². The van der Waals surface area contributed by atoms with Crippen molar-refractivity contribution >= 4 is 22.2 Å². The zero-order valence-electron chi connectivity index (χ0n) is 13.9. The van der Waals surface area contributed by atoms with Gasteiger partial charge in [-0.3, -0.25) is 4.79 Å². The van der Waals surface area contributed by atoms with Gasteiger partial charge in [0.1, 0.15) is 5.00 Å². The number of nitrogens with zero attached hydrogens (tertiary/aromatic N) is 2. The molecule has 0 bridgehead atoms. The van der Waals surface area contributed by atoms with E-state index in [-0.39, 0.29) is 11.3 Å². The van der Waals surface area contributed by atoms with E-state index in [1.54, 1.807) is 6.92 Å². The van der Waals surface area contributed by atoms with Gasteiger partial charge in [-0.05, 0) is 24.3 Å². The Balaban J connectivity index is 1.96. The van der Waals surface area contributed by atoms with Crippen molar-refractivity contribution in [2.75, 3.05) is 11.9 Å². The molecule has 1 aliphatic rings. The first-order chi connectivity index (χ1) is 10.8. The molecule has 0 unspecified atom stereocenters. The van der Waals surface area contributed by atoms with Gasteiger partial charge in [-0.1, -0.05) is 25.9 Å². The molecule has 0 aliphatic carbocycles. The highest BCUT2D eigenvalue weighted by atomic mass is 32.1. The molecule has 0 atom stereocenters. The maximum absolute atomic E-state index is 12.3. The summed E-state index contributed by atoms with van der Waals surface area (Å²) in [6.45, 7) is 9.15. The van der Waals surface area contributed by atoms with Crippen LogP contribution in [0.15, 0.2) is 4.52 Å². The molecular weight excluding hydrogens is 314 g/mol. The number of fused-ring (bicyclic) bond motifs is 1. The third-order valence-corrected chi connectivity index (χ3v) is 4.63. The van der Waals surface area contributed by atoms with Gasteiger partial charge in [-0.2, -0.15) is 4.98 Å². The van der Waals surface area contributed by atoms with E-state index in [0.717, 1.165) is 27.4 Å². The molecule has 0 radical (unpaired) electrons. The van der Waals surface area contributed by atoms with Crippen LogP contribution in [0.25, 0.3) is 11.5 Å². The summed E-state index contributed by atoms with van der Waals surface area (Å²) in [5.41, 5.74) is 1.94. The number of ether oxygens (including phenoxy) is 1. The normalized spacial score (nSPS) is 14.6. The minimum absolute atomic E-state index is 0.00509. The number of anilines is 1. The van der Waals surface area contributed by atoms with Crippen LogP contribution in [-0.4, -0.2) is 22.7 Å². The van der Waals surface area contributed by atoms with Gasteiger partial charge in [-0.25, -0.2) is 0 Å². The predicted octanol–water partition coefficient (Wildman–Crippen LogP) is 3.55. The zero-order valence-corrected chi connectivity index (χ0v) is 14.7. The standard InChI is InChI=1S/C16H21N3O3S/c1-9-17-14(22-19-9)13-10-5-6-21-8-11(10)23-15(13)18-12(20)7-16(2,3)4/h5-8H2,1-4H3,(H,18,20). The quantitative estimate of drug-likeness (QED) is 0.928. The Morgan fingerprint density at radius 1 is 1.39 bits per heavy atom. The minimum atomic E-state index is -0.0642. The van der Waals surface area contributed by atoms with E-state index in [4.69, 9.17) is 9.26 Å². The summed E-state index contributed by atoms with van der Waals surface area (Å²) in [4.78, 5) is 17.8. The van der Waals surface area contributed by atoms with Crippen LogP contribution in [0.4, 0.5) is 5.00 Å². The summed E-state index contributed by atoms with van der Waals surface area (Å²) < 4.78 is 10.9. The third-order valence-electron chi connectivity index (χ3n) is 3.51. The van der Waals surface area contributed by atoms with Gasteiger partial charge in [0.2, 0.25) is 5.91 Å².